The summed E-state index contributed by atoms with van der Waals surface area (Å²) in [5.74, 6) is 0.523. The SMILES string of the molecule is CCc1nn(Cc2ccccc2Cl)c(CC)c1CCl. The number of alkyl halides is 1. The maximum atomic E-state index is 6.22. The predicted molar refractivity (Wildman–Crippen MR) is 81.1 cm³/mol. The molecule has 0 saturated carbocycles. The number of hydrogen-bond donors (Lipinski definition) is 0. The third-order valence-electron chi connectivity index (χ3n) is 3.33. The van der Waals surface area contributed by atoms with Crippen molar-refractivity contribution in [1.29, 1.82) is 0 Å². The summed E-state index contributed by atoms with van der Waals surface area (Å²) in [6, 6.07) is 7.89. The van der Waals surface area contributed by atoms with Crippen molar-refractivity contribution in [1.82, 2.24) is 9.78 Å². The Kier molecular flexibility index (Phi) is 4.89. The van der Waals surface area contributed by atoms with Gasteiger partial charge in [0.2, 0.25) is 0 Å². The van der Waals surface area contributed by atoms with Gasteiger partial charge in [-0.3, -0.25) is 4.68 Å². The minimum Gasteiger partial charge on any atom is -0.265 e. The minimum absolute atomic E-state index is 0.523. The van der Waals surface area contributed by atoms with Gasteiger partial charge < -0.3 is 0 Å². The third-order valence-corrected chi connectivity index (χ3v) is 3.97. The van der Waals surface area contributed by atoms with Crippen molar-refractivity contribution in [3.05, 3.63) is 51.8 Å². The van der Waals surface area contributed by atoms with Crippen LogP contribution in [-0.2, 0) is 25.3 Å². The largest absolute Gasteiger partial charge is 0.265 e. The van der Waals surface area contributed by atoms with E-state index in [0.29, 0.717) is 12.4 Å². The molecule has 0 unspecified atom stereocenters. The first-order chi connectivity index (χ1) is 9.21. The molecule has 0 aliphatic rings. The van der Waals surface area contributed by atoms with Crippen molar-refractivity contribution in [3.8, 4) is 0 Å². The van der Waals surface area contributed by atoms with E-state index in [4.69, 9.17) is 23.2 Å². The van der Waals surface area contributed by atoms with Gasteiger partial charge in [-0.25, -0.2) is 0 Å². The number of aromatic nitrogens is 2. The number of halogens is 2. The molecule has 102 valence electrons. The van der Waals surface area contributed by atoms with Crippen LogP contribution in [0.25, 0.3) is 0 Å². The van der Waals surface area contributed by atoms with E-state index in [0.717, 1.165) is 29.1 Å². The molecule has 4 heteroatoms. The highest BCUT2D eigenvalue weighted by molar-refractivity contribution is 6.31. The Balaban J connectivity index is 2.40. The van der Waals surface area contributed by atoms with Crippen molar-refractivity contribution in [3.63, 3.8) is 0 Å². The van der Waals surface area contributed by atoms with Gasteiger partial charge >= 0.3 is 0 Å². The average molecular weight is 297 g/mol. The van der Waals surface area contributed by atoms with E-state index in [1.807, 2.05) is 28.9 Å². The lowest BCUT2D eigenvalue weighted by Gasteiger charge is -2.08. The Morgan fingerprint density at radius 2 is 1.89 bits per heavy atom. The Labute approximate surface area is 124 Å². The Morgan fingerprint density at radius 3 is 2.47 bits per heavy atom. The maximum absolute atomic E-state index is 6.22. The summed E-state index contributed by atoms with van der Waals surface area (Å²) in [7, 11) is 0. The lowest BCUT2D eigenvalue weighted by molar-refractivity contribution is 0.640. The van der Waals surface area contributed by atoms with E-state index in [-0.39, 0.29) is 0 Å². The zero-order valence-corrected chi connectivity index (χ0v) is 12.8. The second-order valence-corrected chi connectivity index (χ2v) is 5.14. The molecule has 19 heavy (non-hydrogen) atoms. The molecule has 1 aromatic carbocycles. The molecule has 0 N–H and O–H groups in total. The van der Waals surface area contributed by atoms with Gasteiger partial charge in [-0.2, -0.15) is 5.10 Å². The quantitative estimate of drug-likeness (QED) is 0.746. The molecule has 0 saturated heterocycles. The maximum Gasteiger partial charge on any atom is 0.0677 e. The van der Waals surface area contributed by atoms with Crippen LogP contribution in [0.1, 0.15) is 36.4 Å². The molecule has 0 bridgehead atoms. The summed E-state index contributed by atoms with van der Waals surface area (Å²) in [5, 5.41) is 5.46. The lowest BCUT2D eigenvalue weighted by atomic mass is 10.1. The number of rotatable bonds is 5. The zero-order chi connectivity index (χ0) is 13.8. The van der Waals surface area contributed by atoms with E-state index in [2.05, 4.69) is 18.9 Å². The molecule has 1 aromatic heterocycles. The van der Waals surface area contributed by atoms with Crippen molar-refractivity contribution in [2.75, 3.05) is 0 Å². The molecule has 0 fully saturated rings. The molecule has 0 aliphatic heterocycles. The Hall–Kier alpha value is -0.990. The summed E-state index contributed by atoms with van der Waals surface area (Å²) < 4.78 is 2.04. The summed E-state index contributed by atoms with van der Waals surface area (Å²) in [5.41, 5.74) is 4.58. The minimum atomic E-state index is 0.523. The molecule has 0 amide bonds. The fourth-order valence-electron chi connectivity index (χ4n) is 2.34. The fourth-order valence-corrected chi connectivity index (χ4v) is 2.85. The van der Waals surface area contributed by atoms with Crippen LogP contribution in [0.15, 0.2) is 24.3 Å². The first kappa shape index (κ1) is 14.4. The summed E-state index contributed by atoms with van der Waals surface area (Å²) in [6.07, 6.45) is 1.84. The second-order valence-electron chi connectivity index (χ2n) is 4.46. The highest BCUT2D eigenvalue weighted by atomic mass is 35.5. The molecule has 2 aromatic rings. The molecule has 0 spiro atoms. The number of hydrogen-bond acceptors (Lipinski definition) is 1. The monoisotopic (exact) mass is 296 g/mol. The average Bonchev–Trinajstić information content (AvgIpc) is 2.78. The van der Waals surface area contributed by atoms with Crippen LogP contribution in [0.4, 0.5) is 0 Å². The van der Waals surface area contributed by atoms with Gasteiger partial charge in [-0.15, -0.1) is 11.6 Å². The molecular weight excluding hydrogens is 279 g/mol. The van der Waals surface area contributed by atoms with Crippen LogP contribution in [0, 0.1) is 0 Å². The van der Waals surface area contributed by atoms with Gasteiger partial charge in [-0.1, -0.05) is 43.6 Å². The first-order valence-corrected chi connectivity index (χ1v) is 7.49. The van der Waals surface area contributed by atoms with E-state index in [1.54, 1.807) is 0 Å². The van der Waals surface area contributed by atoms with Gasteiger partial charge in [-0.05, 0) is 24.5 Å². The molecule has 1 heterocycles. The van der Waals surface area contributed by atoms with Crippen LogP contribution in [0.2, 0.25) is 5.02 Å². The predicted octanol–water partition coefficient (Wildman–Crippen LogP) is 4.45. The second kappa shape index (κ2) is 6.44. The van der Waals surface area contributed by atoms with Crippen molar-refractivity contribution in [2.24, 2.45) is 0 Å². The van der Waals surface area contributed by atoms with Gasteiger partial charge in [0.05, 0.1) is 18.1 Å². The van der Waals surface area contributed by atoms with E-state index in [9.17, 15) is 0 Å². The number of benzene rings is 1. The van der Waals surface area contributed by atoms with E-state index >= 15 is 0 Å². The lowest BCUT2D eigenvalue weighted by Crippen LogP contribution is -2.07. The summed E-state index contributed by atoms with van der Waals surface area (Å²) in [6.45, 7) is 4.94. The van der Waals surface area contributed by atoms with Gasteiger partial charge in [0.15, 0.2) is 0 Å². The highest BCUT2D eigenvalue weighted by Crippen LogP contribution is 2.22. The summed E-state index contributed by atoms with van der Waals surface area (Å²) in [4.78, 5) is 0. The van der Waals surface area contributed by atoms with E-state index in [1.165, 1.54) is 11.3 Å². The van der Waals surface area contributed by atoms with Gasteiger partial charge in [0.25, 0.3) is 0 Å². The highest BCUT2D eigenvalue weighted by Gasteiger charge is 2.15. The number of nitrogens with zero attached hydrogens (tertiary/aromatic N) is 2. The molecule has 2 nitrogen and oxygen atoms in total. The third kappa shape index (κ3) is 2.96. The van der Waals surface area contributed by atoms with Crippen molar-refractivity contribution < 1.29 is 0 Å². The fraction of sp³-hybridized carbons (Fsp3) is 0.400. The van der Waals surface area contributed by atoms with Crippen LogP contribution in [0.3, 0.4) is 0 Å². The van der Waals surface area contributed by atoms with Crippen LogP contribution in [-0.4, -0.2) is 9.78 Å². The van der Waals surface area contributed by atoms with Crippen LogP contribution < -0.4 is 0 Å². The Morgan fingerprint density at radius 1 is 1.16 bits per heavy atom. The van der Waals surface area contributed by atoms with Crippen molar-refractivity contribution in [2.45, 2.75) is 39.1 Å². The zero-order valence-electron chi connectivity index (χ0n) is 11.3. The summed E-state index contributed by atoms with van der Waals surface area (Å²) >= 11 is 12.3. The first-order valence-electron chi connectivity index (χ1n) is 6.58. The normalized spacial score (nSPS) is 10.9. The van der Waals surface area contributed by atoms with Gasteiger partial charge in [0.1, 0.15) is 0 Å². The smallest absolute Gasteiger partial charge is 0.0677 e. The standard InChI is InChI=1S/C15H18Cl2N2/c1-3-14-12(9-16)15(4-2)19(18-14)10-11-7-5-6-8-13(11)17/h5-8H,3-4,9-10H2,1-2H3. The molecular formula is C15H18Cl2N2. The van der Waals surface area contributed by atoms with E-state index < -0.39 is 0 Å². The van der Waals surface area contributed by atoms with Gasteiger partial charge in [0, 0.05) is 16.3 Å². The Bertz CT molecular complexity index is 561. The van der Waals surface area contributed by atoms with Crippen LogP contribution in [0.5, 0.6) is 0 Å². The molecule has 0 atom stereocenters. The molecule has 0 aliphatic carbocycles. The number of aryl methyl sites for hydroxylation is 1. The van der Waals surface area contributed by atoms with Crippen LogP contribution >= 0.6 is 23.2 Å². The van der Waals surface area contributed by atoms with Crippen molar-refractivity contribution >= 4 is 23.2 Å². The molecule has 2 rings (SSSR count). The topological polar surface area (TPSA) is 17.8 Å². The molecule has 0 radical (unpaired) electrons.